The summed E-state index contributed by atoms with van der Waals surface area (Å²) in [5.74, 6) is -1.63. The molecule has 6 heteroatoms. The maximum Gasteiger partial charge on any atom is 0.323 e. The molecule has 118 valence electrons. The summed E-state index contributed by atoms with van der Waals surface area (Å²) in [6, 6.07) is 5.75. The first kappa shape index (κ1) is 16.0. The predicted octanol–water partition coefficient (Wildman–Crippen LogP) is 2.20. The number of carboxylic acid groups (broad SMARTS) is 1. The lowest BCUT2D eigenvalue weighted by Gasteiger charge is -2.48. The second kappa shape index (κ2) is 5.79. The molecule has 0 spiro atoms. The Morgan fingerprint density at radius 1 is 1.32 bits per heavy atom. The van der Waals surface area contributed by atoms with Crippen molar-refractivity contribution in [2.75, 3.05) is 6.54 Å². The molecule has 1 unspecified atom stereocenters. The average molecular weight is 306 g/mol. The number of carbonyl (C=O) groups excluding carboxylic acids is 1. The quantitative estimate of drug-likeness (QED) is 0.895. The van der Waals surface area contributed by atoms with Crippen LogP contribution in [0.15, 0.2) is 35.5 Å². The van der Waals surface area contributed by atoms with Crippen LogP contribution >= 0.6 is 0 Å². The molecule has 1 amide bonds. The van der Waals surface area contributed by atoms with Crippen molar-refractivity contribution in [2.45, 2.75) is 32.9 Å². The van der Waals surface area contributed by atoms with Crippen molar-refractivity contribution in [2.24, 2.45) is 0 Å². The Labute approximate surface area is 128 Å². The smallest absolute Gasteiger partial charge is 0.323 e. The maximum absolute atomic E-state index is 13.2. The van der Waals surface area contributed by atoms with Gasteiger partial charge in [0.25, 0.3) is 5.91 Å². The van der Waals surface area contributed by atoms with E-state index in [1.807, 2.05) is 6.92 Å². The molecule has 2 N–H and O–H groups in total. The molecule has 0 bridgehead atoms. The van der Waals surface area contributed by atoms with Gasteiger partial charge in [0.15, 0.2) is 0 Å². The predicted molar refractivity (Wildman–Crippen MR) is 79.2 cm³/mol. The fourth-order valence-corrected chi connectivity index (χ4v) is 2.83. The number of allylic oxidation sites excluding steroid dienone is 1. The van der Waals surface area contributed by atoms with Gasteiger partial charge in [-0.15, -0.1) is 0 Å². The third-order valence-corrected chi connectivity index (χ3v) is 4.20. The van der Waals surface area contributed by atoms with Crippen molar-refractivity contribution in [1.82, 2.24) is 10.2 Å². The number of halogens is 1. The highest BCUT2D eigenvalue weighted by molar-refractivity contribution is 5.95. The number of nitrogens with zero attached hydrogens (tertiary/aromatic N) is 1. The SMILES string of the molecule is CCC1(c2ccc(F)cc2)NC(=O)C(C)=C(C)N1CC(=O)O. The Kier molecular flexibility index (Phi) is 4.21. The van der Waals surface area contributed by atoms with Gasteiger partial charge in [0, 0.05) is 11.3 Å². The van der Waals surface area contributed by atoms with Crippen LogP contribution in [0.1, 0.15) is 32.8 Å². The molecule has 1 heterocycles. The van der Waals surface area contributed by atoms with Gasteiger partial charge >= 0.3 is 5.97 Å². The third-order valence-electron chi connectivity index (χ3n) is 4.20. The van der Waals surface area contributed by atoms with Crippen LogP contribution in [0.25, 0.3) is 0 Å². The van der Waals surface area contributed by atoms with Crippen LogP contribution in [0, 0.1) is 5.82 Å². The monoisotopic (exact) mass is 306 g/mol. The van der Waals surface area contributed by atoms with Gasteiger partial charge in [0.2, 0.25) is 0 Å². The van der Waals surface area contributed by atoms with Gasteiger partial charge in [-0.1, -0.05) is 19.1 Å². The summed E-state index contributed by atoms with van der Waals surface area (Å²) in [4.78, 5) is 25.1. The largest absolute Gasteiger partial charge is 0.480 e. The Bertz CT molecular complexity index is 639. The molecule has 2 rings (SSSR count). The highest BCUT2D eigenvalue weighted by Crippen LogP contribution is 2.36. The Hall–Kier alpha value is -2.37. The Balaban J connectivity index is 2.62. The van der Waals surface area contributed by atoms with Gasteiger partial charge in [0.05, 0.1) is 0 Å². The first-order valence-corrected chi connectivity index (χ1v) is 7.07. The molecule has 5 nitrogen and oxygen atoms in total. The summed E-state index contributed by atoms with van der Waals surface area (Å²) in [5.41, 5.74) is 0.745. The van der Waals surface area contributed by atoms with Gasteiger partial charge < -0.3 is 15.3 Å². The molecule has 1 aromatic carbocycles. The van der Waals surface area contributed by atoms with E-state index in [2.05, 4.69) is 5.32 Å². The number of amides is 1. The lowest BCUT2D eigenvalue weighted by atomic mass is 9.90. The number of nitrogens with one attached hydrogen (secondary N) is 1. The van der Waals surface area contributed by atoms with E-state index in [-0.39, 0.29) is 18.3 Å². The van der Waals surface area contributed by atoms with Crippen molar-refractivity contribution < 1.29 is 19.1 Å². The maximum atomic E-state index is 13.2. The number of rotatable bonds is 4. The van der Waals surface area contributed by atoms with Crippen molar-refractivity contribution in [3.05, 3.63) is 46.9 Å². The number of benzene rings is 1. The van der Waals surface area contributed by atoms with Crippen molar-refractivity contribution in [3.63, 3.8) is 0 Å². The number of hydrogen-bond acceptors (Lipinski definition) is 3. The van der Waals surface area contributed by atoms with Crippen molar-refractivity contribution in [1.29, 1.82) is 0 Å². The average Bonchev–Trinajstić information content (AvgIpc) is 2.48. The third kappa shape index (κ3) is 2.56. The molecule has 0 saturated carbocycles. The molecule has 22 heavy (non-hydrogen) atoms. The minimum atomic E-state index is -0.997. The van der Waals surface area contributed by atoms with Crippen LogP contribution < -0.4 is 5.32 Å². The minimum Gasteiger partial charge on any atom is -0.480 e. The number of aliphatic carboxylic acids is 1. The topological polar surface area (TPSA) is 69.6 Å². The molecule has 0 aromatic heterocycles. The second-order valence-electron chi connectivity index (χ2n) is 5.37. The van der Waals surface area contributed by atoms with Crippen LogP contribution in [0.4, 0.5) is 4.39 Å². The Morgan fingerprint density at radius 2 is 1.91 bits per heavy atom. The molecule has 0 aliphatic carbocycles. The summed E-state index contributed by atoms with van der Waals surface area (Å²) >= 11 is 0. The standard InChI is InChI=1S/C16H19FN2O3/c1-4-16(12-5-7-13(17)8-6-12)18-15(22)10(2)11(3)19(16)9-14(20)21/h5-8H,4,9H2,1-3H3,(H,18,22)(H,20,21). The summed E-state index contributed by atoms with van der Waals surface area (Å²) in [5, 5.41) is 12.1. The highest BCUT2D eigenvalue weighted by Gasteiger charge is 2.43. The first-order chi connectivity index (χ1) is 10.3. The summed E-state index contributed by atoms with van der Waals surface area (Å²) < 4.78 is 13.2. The van der Waals surface area contributed by atoms with Crippen LogP contribution in [-0.4, -0.2) is 28.4 Å². The van der Waals surface area contributed by atoms with Gasteiger partial charge in [-0.2, -0.15) is 0 Å². The first-order valence-electron chi connectivity index (χ1n) is 7.07. The second-order valence-corrected chi connectivity index (χ2v) is 5.37. The van der Waals surface area contributed by atoms with Gasteiger partial charge in [-0.3, -0.25) is 9.59 Å². The zero-order valence-corrected chi connectivity index (χ0v) is 12.8. The fraction of sp³-hybridized carbons (Fsp3) is 0.375. The van der Waals surface area contributed by atoms with Crippen LogP contribution in [0.5, 0.6) is 0 Å². The lowest BCUT2D eigenvalue weighted by molar-refractivity contribution is -0.142. The minimum absolute atomic E-state index is 0.245. The van der Waals surface area contributed by atoms with E-state index in [0.717, 1.165) is 0 Å². The van der Waals surface area contributed by atoms with E-state index in [1.165, 1.54) is 12.1 Å². The van der Waals surface area contributed by atoms with E-state index in [9.17, 15) is 19.1 Å². The molecule has 1 aliphatic heterocycles. The summed E-state index contributed by atoms with van der Waals surface area (Å²) in [6.07, 6.45) is 0.447. The molecular formula is C16H19FN2O3. The van der Waals surface area contributed by atoms with E-state index < -0.39 is 11.6 Å². The zero-order chi connectivity index (χ0) is 16.5. The number of carboxylic acids is 1. The van der Waals surface area contributed by atoms with Gasteiger partial charge in [-0.25, -0.2) is 4.39 Å². The van der Waals surface area contributed by atoms with E-state index in [0.29, 0.717) is 23.3 Å². The number of carbonyl (C=O) groups is 2. The molecule has 0 fully saturated rings. The molecular weight excluding hydrogens is 287 g/mol. The van der Waals surface area contributed by atoms with Crippen LogP contribution in [0.2, 0.25) is 0 Å². The van der Waals surface area contributed by atoms with E-state index in [4.69, 9.17) is 0 Å². The molecule has 0 radical (unpaired) electrons. The van der Waals surface area contributed by atoms with Gasteiger partial charge in [0.1, 0.15) is 18.0 Å². The summed E-state index contributed by atoms with van der Waals surface area (Å²) in [7, 11) is 0. The van der Waals surface area contributed by atoms with E-state index in [1.54, 1.807) is 30.9 Å². The number of hydrogen-bond donors (Lipinski definition) is 2. The van der Waals surface area contributed by atoms with Crippen molar-refractivity contribution in [3.8, 4) is 0 Å². The van der Waals surface area contributed by atoms with Crippen molar-refractivity contribution >= 4 is 11.9 Å². The normalized spacial score (nSPS) is 21.8. The molecule has 0 saturated heterocycles. The highest BCUT2D eigenvalue weighted by atomic mass is 19.1. The lowest BCUT2D eigenvalue weighted by Crippen LogP contribution is -2.61. The molecule has 1 atom stereocenters. The van der Waals surface area contributed by atoms with Crippen LogP contribution in [-0.2, 0) is 15.3 Å². The summed E-state index contributed by atoms with van der Waals surface area (Å²) in [6.45, 7) is 4.98. The fourth-order valence-electron chi connectivity index (χ4n) is 2.83. The zero-order valence-electron chi connectivity index (χ0n) is 12.8. The van der Waals surface area contributed by atoms with Gasteiger partial charge in [-0.05, 0) is 38.0 Å². The molecule has 1 aliphatic rings. The van der Waals surface area contributed by atoms with E-state index >= 15 is 0 Å². The molecule has 1 aromatic rings. The Morgan fingerprint density at radius 3 is 2.41 bits per heavy atom. The van der Waals surface area contributed by atoms with Crippen LogP contribution in [0.3, 0.4) is 0 Å².